The van der Waals surface area contributed by atoms with Crippen LogP contribution in [-0.4, -0.2) is 0 Å². The molecule has 0 unspecified atom stereocenters. The van der Waals surface area contributed by atoms with Crippen molar-refractivity contribution in [1.29, 1.82) is 0 Å². The van der Waals surface area contributed by atoms with Gasteiger partial charge in [-0.25, -0.2) is 0 Å². The Bertz CT molecular complexity index is 860. The van der Waals surface area contributed by atoms with Crippen LogP contribution in [0.15, 0.2) is 54.6 Å². The summed E-state index contributed by atoms with van der Waals surface area (Å²) in [7, 11) is 0. The molecular formula is C30H41. The van der Waals surface area contributed by atoms with Crippen LogP contribution in [0.2, 0.25) is 0 Å². The van der Waals surface area contributed by atoms with Gasteiger partial charge in [-0.3, -0.25) is 0 Å². The molecule has 0 saturated carbocycles. The highest BCUT2D eigenvalue weighted by molar-refractivity contribution is 5.99. The van der Waals surface area contributed by atoms with Crippen LogP contribution in [0.25, 0.3) is 21.5 Å². The van der Waals surface area contributed by atoms with Crippen molar-refractivity contribution in [3.63, 3.8) is 0 Å². The molecule has 3 rings (SSSR count). The molecule has 0 atom stereocenters. The molecule has 0 heteroatoms. The first-order valence-electron chi connectivity index (χ1n) is 12.6. The number of rotatable bonds is 15. The molecule has 0 heterocycles. The van der Waals surface area contributed by atoms with Crippen molar-refractivity contribution in [1.82, 2.24) is 0 Å². The van der Waals surface area contributed by atoms with Crippen molar-refractivity contribution in [2.45, 2.75) is 96.3 Å². The highest BCUT2D eigenvalue weighted by Gasteiger charge is 2.03. The van der Waals surface area contributed by atoms with E-state index in [1.54, 1.807) is 0 Å². The fourth-order valence-electron chi connectivity index (χ4n) is 4.69. The van der Waals surface area contributed by atoms with Gasteiger partial charge in [-0.15, -0.1) is 0 Å². The van der Waals surface area contributed by atoms with Crippen molar-refractivity contribution < 1.29 is 0 Å². The standard InChI is InChI=1S/C30H41/c1-2-3-4-5-6-7-8-9-10-11-12-13-14-15-19-26-22-18-23-29-24-27-20-16-17-21-28(27)25-30(26)29/h16-18,20-25H,1-15,19H2. The smallest absolute Gasteiger partial charge is 0.0146 e. The predicted octanol–water partition coefficient (Wildman–Crippen LogP) is 9.83. The topological polar surface area (TPSA) is 0 Å². The third-order valence-electron chi connectivity index (χ3n) is 6.53. The third-order valence-corrected chi connectivity index (χ3v) is 6.53. The number of aryl methyl sites for hydroxylation is 1. The lowest BCUT2D eigenvalue weighted by Crippen LogP contribution is -1.89. The Morgan fingerprint density at radius 3 is 1.57 bits per heavy atom. The molecule has 0 aliphatic rings. The minimum atomic E-state index is 1.11. The number of hydrogen-bond donors (Lipinski definition) is 0. The van der Waals surface area contributed by atoms with Crippen molar-refractivity contribution in [2.75, 3.05) is 0 Å². The normalized spacial score (nSPS) is 11.5. The Hall–Kier alpha value is -1.82. The Balaban J connectivity index is 1.28. The monoisotopic (exact) mass is 401 g/mol. The second-order valence-corrected chi connectivity index (χ2v) is 9.04. The van der Waals surface area contributed by atoms with Gasteiger partial charge in [0.2, 0.25) is 0 Å². The van der Waals surface area contributed by atoms with E-state index in [0.29, 0.717) is 0 Å². The summed E-state index contributed by atoms with van der Waals surface area (Å²) in [6.07, 6.45) is 20.6. The Labute approximate surface area is 185 Å². The van der Waals surface area contributed by atoms with Crippen LogP contribution in [-0.2, 0) is 6.42 Å². The lowest BCUT2D eigenvalue weighted by atomic mass is 9.96. The first kappa shape index (κ1) is 22.9. The molecule has 1 radical (unpaired) electrons. The average Bonchev–Trinajstić information content (AvgIpc) is 2.78. The Kier molecular flexibility index (Phi) is 10.3. The van der Waals surface area contributed by atoms with Crippen molar-refractivity contribution in [3.05, 3.63) is 67.1 Å². The third kappa shape index (κ3) is 7.46. The molecule has 0 aromatic heterocycles. The first-order valence-corrected chi connectivity index (χ1v) is 12.6. The zero-order valence-corrected chi connectivity index (χ0v) is 19.0. The summed E-state index contributed by atoms with van der Waals surface area (Å²) in [4.78, 5) is 0. The highest BCUT2D eigenvalue weighted by atomic mass is 14.1. The minimum absolute atomic E-state index is 1.11. The molecule has 0 bridgehead atoms. The molecule has 0 nitrogen and oxygen atoms in total. The molecule has 161 valence electrons. The second kappa shape index (κ2) is 13.5. The van der Waals surface area contributed by atoms with E-state index >= 15 is 0 Å². The largest absolute Gasteiger partial charge is 0.0616 e. The number of unbranched alkanes of at least 4 members (excludes halogenated alkanes) is 13. The van der Waals surface area contributed by atoms with Gasteiger partial charge >= 0.3 is 0 Å². The molecule has 0 aliphatic heterocycles. The molecule has 0 amide bonds. The molecule has 0 aliphatic carbocycles. The van der Waals surface area contributed by atoms with Gasteiger partial charge in [0.15, 0.2) is 0 Å². The summed E-state index contributed by atoms with van der Waals surface area (Å²) in [6, 6.07) is 20.3. The van der Waals surface area contributed by atoms with E-state index in [4.69, 9.17) is 0 Å². The Morgan fingerprint density at radius 2 is 0.967 bits per heavy atom. The van der Waals surface area contributed by atoms with Crippen molar-refractivity contribution >= 4 is 21.5 Å². The van der Waals surface area contributed by atoms with Gasteiger partial charge in [0.05, 0.1) is 0 Å². The average molecular weight is 402 g/mol. The molecule has 0 fully saturated rings. The van der Waals surface area contributed by atoms with E-state index in [0.717, 1.165) is 6.42 Å². The maximum atomic E-state index is 3.92. The molecule has 0 spiro atoms. The van der Waals surface area contributed by atoms with E-state index in [-0.39, 0.29) is 0 Å². The molecule has 0 saturated heterocycles. The summed E-state index contributed by atoms with van der Waals surface area (Å²) >= 11 is 0. The summed E-state index contributed by atoms with van der Waals surface area (Å²) in [5, 5.41) is 5.53. The number of hydrogen-bond acceptors (Lipinski definition) is 0. The highest BCUT2D eigenvalue weighted by Crippen LogP contribution is 2.26. The summed E-state index contributed by atoms with van der Waals surface area (Å²) < 4.78 is 0. The quantitative estimate of drug-likeness (QED) is 0.175. The first-order chi connectivity index (χ1) is 14.9. The van der Waals surface area contributed by atoms with E-state index in [1.807, 2.05) is 0 Å². The summed E-state index contributed by atoms with van der Waals surface area (Å²) in [5.74, 6) is 0. The van der Waals surface area contributed by atoms with Crippen LogP contribution in [0.5, 0.6) is 0 Å². The predicted molar refractivity (Wildman–Crippen MR) is 135 cm³/mol. The van der Waals surface area contributed by atoms with E-state index in [1.165, 1.54) is 117 Å². The van der Waals surface area contributed by atoms with Gasteiger partial charge in [-0.05, 0) is 52.1 Å². The fraction of sp³-hybridized carbons (Fsp3) is 0.500. The van der Waals surface area contributed by atoms with Gasteiger partial charge in [0.1, 0.15) is 0 Å². The molecular weight excluding hydrogens is 360 g/mol. The minimum Gasteiger partial charge on any atom is -0.0616 e. The SMILES string of the molecule is [CH2]CCCCCCCCCCCCCCCc1cccc2cc3ccccc3cc12. The maximum absolute atomic E-state index is 3.92. The lowest BCUT2D eigenvalue weighted by Gasteiger charge is -2.09. The van der Waals surface area contributed by atoms with Crippen LogP contribution in [0.4, 0.5) is 0 Å². The van der Waals surface area contributed by atoms with Crippen molar-refractivity contribution in [3.8, 4) is 0 Å². The second-order valence-electron chi connectivity index (χ2n) is 9.04. The molecule has 30 heavy (non-hydrogen) atoms. The number of benzene rings is 3. The van der Waals surface area contributed by atoms with Gasteiger partial charge in [-0.2, -0.15) is 0 Å². The van der Waals surface area contributed by atoms with Crippen LogP contribution in [0.1, 0.15) is 95.5 Å². The number of fused-ring (bicyclic) bond motifs is 2. The van der Waals surface area contributed by atoms with E-state index in [2.05, 4.69) is 61.5 Å². The van der Waals surface area contributed by atoms with Gasteiger partial charge in [-0.1, -0.05) is 133 Å². The Morgan fingerprint density at radius 1 is 0.467 bits per heavy atom. The van der Waals surface area contributed by atoms with Gasteiger partial charge < -0.3 is 0 Å². The molecule has 0 N–H and O–H groups in total. The van der Waals surface area contributed by atoms with Gasteiger partial charge in [0.25, 0.3) is 0 Å². The maximum Gasteiger partial charge on any atom is -0.0146 e. The lowest BCUT2D eigenvalue weighted by molar-refractivity contribution is 0.537. The summed E-state index contributed by atoms with van der Waals surface area (Å²) in [6.45, 7) is 3.92. The zero-order chi connectivity index (χ0) is 20.9. The van der Waals surface area contributed by atoms with E-state index < -0.39 is 0 Å². The van der Waals surface area contributed by atoms with Crippen molar-refractivity contribution in [2.24, 2.45) is 0 Å². The van der Waals surface area contributed by atoms with Crippen LogP contribution in [0.3, 0.4) is 0 Å². The zero-order valence-electron chi connectivity index (χ0n) is 19.0. The fourth-order valence-corrected chi connectivity index (χ4v) is 4.69. The van der Waals surface area contributed by atoms with Crippen LogP contribution < -0.4 is 0 Å². The van der Waals surface area contributed by atoms with Gasteiger partial charge in [0, 0.05) is 0 Å². The molecule has 3 aromatic carbocycles. The summed E-state index contributed by atoms with van der Waals surface area (Å²) in [5.41, 5.74) is 1.52. The van der Waals surface area contributed by atoms with E-state index in [9.17, 15) is 0 Å². The van der Waals surface area contributed by atoms with Crippen LogP contribution in [0, 0.1) is 6.92 Å². The molecule has 3 aromatic rings. The van der Waals surface area contributed by atoms with Crippen LogP contribution >= 0.6 is 0 Å².